The van der Waals surface area contributed by atoms with Crippen LogP contribution in [0.5, 0.6) is 5.75 Å². The molecule has 1 aliphatic heterocycles. The van der Waals surface area contributed by atoms with Crippen molar-refractivity contribution in [3.05, 3.63) is 78.5 Å². The van der Waals surface area contributed by atoms with Crippen LogP contribution >= 0.6 is 0 Å². The summed E-state index contributed by atoms with van der Waals surface area (Å²) in [6.45, 7) is 9.09. The monoisotopic (exact) mass is 448 g/mol. The zero-order valence-electron chi connectivity index (χ0n) is 19.0. The smallest absolute Gasteiger partial charge is 0.339 e. The molecule has 0 saturated carbocycles. The fourth-order valence-electron chi connectivity index (χ4n) is 4.64. The van der Waals surface area contributed by atoms with Crippen molar-refractivity contribution in [2.75, 3.05) is 39.5 Å². The Morgan fingerprint density at radius 3 is 2.61 bits per heavy atom. The average molecular weight is 449 g/mol. The second kappa shape index (κ2) is 11.2. The van der Waals surface area contributed by atoms with Crippen LogP contribution < -0.4 is 4.74 Å². The molecule has 1 N–H and O–H groups in total. The molecule has 2 heterocycles. The number of ether oxygens (including phenoxy) is 2. The molecule has 0 unspecified atom stereocenters. The van der Waals surface area contributed by atoms with Gasteiger partial charge in [-0.3, -0.25) is 4.90 Å². The number of aromatic carboxylic acids is 1. The van der Waals surface area contributed by atoms with Crippen LogP contribution in [0.1, 0.15) is 34.7 Å². The van der Waals surface area contributed by atoms with E-state index in [9.17, 15) is 9.90 Å². The number of piperidine rings is 1. The highest BCUT2D eigenvalue weighted by molar-refractivity contribution is 5.90. The van der Waals surface area contributed by atoms with Crippen LogP contribution in [-0.4, -0.2) is 60.0 Å². The van der Waals surface area contributed by atoms with Crippen LogP contribution in [-0.2, 0) is 11.3 Å². The number of hydrogen-bond acceptors (Lipinski definition) is 4. The molecular weight excluding hydrogens is 416 g/mol. The first kappa shape index (κ1) is 23.1. The molecule has 6 heteroatoms. The molecule has 1 aromatic heterocycles. The number of nitrogens with zero attached hydrogens (tertiary/aromatic N) is 2. The van der Waals surface area contributed by atoms with Crippen molar-refractivity contribution in [3.63, 3.8) is 0 Å². The third-order valence-electron chi connectivity index (χ3n) is 6.34. The summed E-state index contributed by atoms with van der Waals surface area (Å²) in [4.78, 5) is 13.7. The molecule has 1 saturated heterocycles. The average Bonchev–Trinajstić information content (AvgIpc) is 3.21. The van der Waals surface area contributed by atoms with Crippen LogP contribution in [0.4, 0.5) is 0 Å². The van der Waals surface area contributed by atoms with E-state index in [1.165, 1.54) is 16.5 Å². The van der Waals surface area contributed by atoms with Crippen molar-refractivity contribution in [1.29, 1.82) is 0 Å². The normalized spacial score (nSPS) is 15.0. The summed E-state index contributed by atoms with van der Waals surface area (Å²) >= 11 is 0. The Hall–Kier alpha value is -3.09. The van der Waals surface area contributed by atoms with Crippen LogP contribution in [0.2, 0.25) is 0 Å². The van der Waals surface area contributed by atoms with Crippen molar-refractivity contribution in [1.82, 2.24) is 9.47 Å². The maximum Gasteiger partial charge on any atom is 0.339 e. The van der Waals surface area contributed by atoms with E-state index < -0.39 is 5.97 Å². The maximum absolute atomic E-state index is 11.3. The van der Waals surface area contributed by atoms with E-state index in [2.05, 4.69) is 46.5 Å². The predicted molar refractivity (Wildman–Crippen MR) is 130 cm³/mol. The van der Waals surface area contributed by atoms with Crippen molar-refractivity contribution >= 4 is 16.9 Å². The molecule has 0 spiro atoms. The Morgan fingerprint density at radius 1 is 1.06 bits per heavy atom. The molecule has 33 heavy (non-hydrogen) atoms. The molecule has 1 fully saturated rings. The number of para-hydroxylation sites is 2. The van der Waals surface area contributed by atoms with Gasteiger partial charge in [0.25, 0.3) is 0 Å². The molecule has 0 atom stereocenters. The number of likely N-dealkylation sites (tertiary alicyclic amines) is 1. The molecule has 3 aromatic rings. The molecule has 0 amide bonds. The Morgan fingerprint density at radius 2 is 1.82 bits per heavy atom. The van der Waals surface area contributed by atoms with Gasteiger partial charge in [-0.2, -0.15) is 0 Å². The lowest BCUT2D eigenvalue weighted by Crippen LogP contribution is -2.35. The van der Waals surface area contributed by atoms with Crippen molar-refractivity contribution in [3.8, 4) is 5.75 Å². The highest BCUT2D eigenvalue weighted by Crippen LogP contribution is 2.34. The Kier molecular flexibility index (Phi) is 7.81. The van der Waals surface area contributed by atoms with Crippen molar-refractivity contribution in [2.24, 2.45) is 0 Å². The van der Waals surface area contributed by atoms with Crippen LogP contribution in [0.3, 0.4) is 0 Å². The topological polar surface area (TPSA) is 63.9 Å². The number of hydrogen-bond donors (Lipinski definition) is 1. The van der Waals surface area contributed by atoms with Gasteiger partial charge in [0, 0.05) is 30.2 Å². The van der Waals surface area contributed by atoms with E-state index in [-0.39, 0.29) is 5.56 Å². The number of rotatable bonds is 11. The number of carboxylic acids is 1. The lowest BCUT2D eigenvalue weighted by atomic mass is 9.89. The summed E-state index contributed by atoms with van der Waals surface area (Å²) in [6.07, 6.45) is 6.30. The molecular formula is C27H32N2O4. The third kappa shape index (κ3) is 5.64. The largest absolute Gasteiger partial charge is 0.491 e. The Balaban J connectivity index is 1.32. The van der Waals surface area contributed by atoms with E-state index in [1.807, 2.05) is 0 Å². The number of fused-ring (bicyclic) bond motifs is 1. The first-order chi connectivity index (χ1) is 16.2. The summed E-state index contributed by atoms with van der Waals surface area (Å²) in [6, 6.07) is 15.4. The molecule has 0 radical (unpaired) electrons. The van der Waals surface area contributed by atoms with Gasteiger partial charge in [0.05, 0.1) is 13.2 Å². The zero-order chi connectivity index (χ0) is 23.0. The lowest BCUT2D eigenvalue weighted by molar-refractivity contribution is 0.0691. The van der Waals surface area contributed by atoms with E-state index in [0.717, 1.165) is 39.0 Å². The number of carbonyl (C=O) groups is 1. The zero-order valence-corrected chi connectivity index (χ0v) is 19.0. The summed E-state index contributed by atoms with van der Waals surface area (Å²) < 4.78 is 13.7. The molecule has 2 aromatic carbocycles. The summed E-state index contributed by atoms with van der Waals surface area (Å²) in [5, 5.41) is 10.6. The van der Waals surface area contributed by atoms with Crippen molar-refractivity contribution < 1.29 is 19.4 Å². The molecule has 0 bridgehead atoms. The second-order valence-corrected chi connectivity index (χ2v) is 8.42. The maximum atomic E-state index is 11.3. The van der Waals surface area contributed by atoms with Crippen LogP contribution in [0, 0.1) is 0 Å². The van der Waals surface area contributed by atoms with Gasteiger partial charge in [-0.15, -0.1) is 6.58 Å². The van der Waals surface area contributed by atoms with Crippen LogP contribution in [0.15, 0.2) is 67.4 Å². The minimum absolute atomic E-state index is 0.211. The number of aromatic nitrogens is 1. The first-order valence-corrected chi connectivity index (χ1v) is 11.6. The van der Waals surface area contributed by atoms with Gasteiger partial charge in [0.1, 0.15) is 17.9 Å². The first-order valence-electron chi connectivity index (χ1n) is 11.6. The van der Waals surface area contributed by atoms with E-state index >= 15 is 0 Å². The molecule has 0 aliphatic carbocycles. The second-order valence-electron chi connectivity index (χ2n) is 8.42. The summed E-state index contributed by atoms with van der Waals surface area (Å²) in [7, 11) is 0. The SMILES string of the molecule is C=CCOCCn1cc(C2CCN(CCOc3ccccc3C(=O)O)CC2)c2ccccc21. The van der Waals surface area contributed by atoms with Crippen molar-refractivity contribution in [2.45, 2.75) is 25.3 Å². The van der Waals surface area contributed by atoms with Gasteiger partial charge >= 0.3 is 5.97 Å². The van der Waals surface area contributed by atoms with Gasteiger partial charge in [0.15, 0.2) is 0 Å². The highest BCUT2D eigenvalue weighted by Gasteiger charge is 2.24. The minimum atomic E-state index is -0.960. The van der Waals surface area contributed by atoms with Gasteiger partial charge in [-0.05, 0) is 55.6 Å². The fourth-order valence-corrected chi connectivity index (χ4v) is 4.64. The van der Waals surface area contributed by atoms with Gasteiger partial charge in [-0.25, -0.2) is 4.79 Å². The molecule has 174 valence electrons. The summed E-state index contributed by atoms with van der Waals surface area (Å²) in [5.41, 5.74) is 2.91. The molecule has 4 rings (SSSR count). The van der Waals surface area contributed by atoms with Gasteiger partial charge in [-0.1, -0.05) is 36.4 Å². The van der Waals surface area contributed by atoms with Crippen LogP contribution in [0.25, 0.3) is 10.9 Å². The quantitative estimate of drug-likeness (QED) is 0.337. The number of carboxylic acid groups (broad SMARTS) is 1. The summed E-state index contributed by atoms with van der Waals surface area (Å²) in [5.74, 6) is 0.0118. The van der Waals surface area contributed by atoms with Gasteiger partial charge < -0.3 is 19.1 Å². The van der Waals surface area contributed by atoms with E-state index in [4.69, 9.17) is 9.47 Å². The Bertz CT molecular complexity index is 1080. The minimum Gasteiger partial charge on any atom is -0.491 e. The number of benzene rings is 2. The predicted octanol–water partition coefficient (Wildman–Crippen LogP) is 4.80. The standard InChI is InChI=1S/C27H32N2O4/c1-2-17-32-18-16-29-20-24(22-7-3-5-9-25(22)29)21-11-13-28(14-12-21)15-19-33-26-10-6-4-8-23(26)27(30)31/h2-10,20-21H,1,11-19H2,(H,30,31). The molecule has 1 aliphatic rings. The fraction of sp³-hybridized carbons (Fsp3) is 0.370. The van der Waals surface area contributed by atoms with E-state index in [1.54, 1.807) is 30.3 Å². The highest BCUT2D eigenvalue weighted by atomic mass is 16.5. The lowest BCUT2D eigenvalue weighted by Gasteiger charge is -2.31. The van der Waals surface area contributed by atoms with E-state index in [0.29, 0.717) is 31.5 Å². The Labute approximate surface area is 195 Å². The van der Waals surface area contributed by atoms with Gasteiger partial charge in [0.2, 0.25) is 0 Å². The third-order valence-corrected chi connectivity index (χ3v) is 6.34. The molecule has 6 nitrogen and oxygen atoms in total.